The zero-order valence-electron chi connectivity index (χ0n) is 30.8. The minimum Gasteiger partial charge on any atom is -0.468 e. The van der Waals surface area contributed by atoms with Gasteiger partial charge in [0.1, 0.15) is 16.7 Å². The number of nitrogens with zero attached hydrogens (tertiary/aromatic N) is 4. The molecule has 0 aliphatic carbocycles. The lowest BCUT2D eigenvalue weighted by Gasteiger charge is -2.44. The van der Waals surface area contributed by atoms with Crippen LogP contribution in [-0.4, -0.2) is 11.3 Å². The molecule has 7 heteroatoms. The van der Waals surface area contributed by atoms with Crippen molar-refractivity contribution in [3.05, 3.63) is 169 Å². The van der Waals surface area contributed by atoms with E-state index in [1.807, 2.05) is 24.3 Å². The Labute approximate surface area is 331 Å². The number of hydrogen-bond donors (Lipinski definition) is 0. The Kier molecular flexibility index (Phi) is 5.57. The molecule has 266 valence electrons. The van der Waals surface area contributed by atoms with Crippen molar-refractivity contribution >= 4 is 112 Å². The second kappa shape index (κ2) is 10.7. The van der Waals surface area contributed by atoms with Crippen LogP contribution in [0.2, 0.25) is 0 Å². The van der Waals surface area contributed by atoms with Gasteiger partial charge in [0.15, 0.2) is 0 Å². The zero-order valence-corrected chi connectivity index (χ0v) is 30.8. The van der Waals surface area contributed by atoms with Gasteiger partial charge in [0, 0.05) is 50.1 Å². The molecule has 0 spiro atoms. The molecule has 3 aliphatic heterocycles. The van der Waals surface area contributed by atoms with Gasteiger partial charge in [0.05, 0.1) is 51.1 Å². The molecule has 3 aliphatic rings. The highest BCUT2D eigenvalue weighted by Gasteiger charge is 2.49. The van der Waals surface area contributed by atoms with Crippen molar-refractivity contribution in [1.82, 2.24) is 4.57 Å². The quantitative estimate of drug-likeness (QED) is 0.165. The van der Waals surface area contributed by atoms with Gasteiger partial charge in [-0.3, -0.25) is 0 Å². The molecule has 0 saturated heterocycles. The second-order valence-corrected chi connectivity index (χ2v) is 15.6. The SMILES string of the molecule is N#Cc1cc2c3c(c1)N1c4c(cccc4-n4c5ccccc5c5cccc1c54)B3c1oc3ccc(-c4ccccc4)cc3c1N2c1ccc2c(c1)oc1ccccc12. The van der Waals surface area contributed by atoms with E-state index in [4.69, 9.17) is 8.83 Å². The van der Waals surface area contributed by atoms with Crippen LogP contribution in [0.1, 0.15) is 5.56 Å². The largest absolute Gasteiger partial charge is 0.468 e. The highest BCUT2D eigenvalue weighted by molar-refractivity contribution is 7.00. The molecule has 11 aromatic rings. The first-order valence-electron chi connectivity index (χ1n) is 19.6. The van der Waals surface area contributed by atoms with Crippen LogP contribution in [0.4, 0.5) is 34.1 Å². The van der Waals surface area contributed by atoms with Crippen LogP contribution in [0.5, 0.6) is 0 Å². The van der Waals surface area contributed by atoms with Gasteiger partial charge in [0.2, 0.25) is 0 Å². The molecule has 0 bridgehead atoms. The Morgan fingerprint density at radius 2 is 1.22 bits per heavy atom. The van der Waals surface area contributed by atoms with E-state index < -0.39 is 0 Å². The van der Waals surface area contributed by atoms with E-state index >= 15 is 0 Å². The van der Waals surface area contributed by atoms with Crippen LogP contribution in [-0.2, 0) is 0 Å². The van der Waals surface area contributed by atoms with E-state index in [1.165, 1.54) is 16.3 Å². The predicted octanol–water partition coefficient (Wildman–Crippen LogP) is 11.4. The molecule has 0 N–H and O–H groups in total. The molecule has 8 aromatic carbocycles. The van der Waals surface area contributed by atoms with Gasteiger partial charge < -0.3 is 23.2 Å². The highest BCUT2D eigenvalue weighted by Crippen LogP contribution is 2.53. The lowest BCUT2D eigenvalue weighted by atomic mass is 9.35. The van der Waals surface area contributed by atoms with Crippen molar-refractivity contribution in [2.24, 2.45) is 0 Å². The lowest BCUT2D eigenvalue weighted by Crippen LogP contribution is -2.61. The van der Waals surface area contributed by atoms with Crippen molar-refractivity contribution < 1.29 is 8.83 Å². The normalized spacial score (nSPS) is 13.4. The molecular weight excluding hydrogens is 711 g/mol. The first-order valence-corrected chi connectivity index (χ1v) is 19.6. The molecule has 58 heavy (non-hydrogen) atoms. The van der Waals surface area contributed by atoms with E-state index in [2.05, 4.69) is 160 Å². The first kappa shape index (κ1) is 30.3. The molecule has 6 nitrogen and oxygen atoms in total. The van der Waals surface area contributed by atoms with Crippen LogP contribution >= 0.6 is 0 Å². The summed E-state index contributed by atoms with van der Waals surface area (Å²) in [7, 11) is 0. The molecule has 0 radical (unpaired) electrons. The molecule has 0 amide bonds. The van der Waals surface area contributed by atoms with Crippen molar-refractivity contribution in [1.29, 1.82) is 5.26 Å². The number of rotatable bonds is 2. The Morgan fingerprint density at radius 1 is 0.483 bits per heavy atom. The molecule has 14 rings (SSSR count). The third-order valence-corrected chi connectivity index (χ3v) is 12.7. The molecule has 0 unspecified atom stereocenters. The third kappa shape index (κ3) is 3.68. The summed E-state index contributed by atoms with van der Waals surface area (Å²) in [6.07, 6.45) is 0. The maximum Gasteiger partial charge on any atom is 0.297 e. The van der Waals surface area contributed by atoms with E-state index in [0.717, 1.165) is 106 Å². The molecular formula is C51H27BN4O2. The summed E-state index contributed by atoms with van der Waals surface area (Å²) in [5.41, 5.74) is 17.9. The second-order valence-electron chi connectivity index (χ2n) is 15.6. The van der Waals surface area contributed by atoms with Crippen LogP contribution in [0.3, 0.4) is 0 Å². The molecule has 0 atom stereocenters. The number of fused-ring (bicyclic) bond motifs is 14. The number of aromatic nitrogens is 1. The van der Waals surface area contributed by atoms with Crippen molar-refractivity contribution in [3.63, 3.8) is 0 Å². The van der Waals surface area contributed by atoms with Gasteiger partial charge in [-0.25, -0.2) is 0 Å². The monoisotopic (exact) mass is 738 g/mol. The van der Waals surface area contributed by atoms with E-state index in [0.29, 0.717) is 5.56 Å². The van der Waals surface area contributed by atoms with Crippen molar-refractivity contribution in [2.45, 2.75) is 0 Å². The Morgan fingerprint density at radius 3 is 2.12 bits per heavy atom. The number of para-hydroxylation sites is 4. The third-order valence-electron chi connectivity index (χ3n) is 12.7. The summed E-state index contributed by atoms with van der Waals surface area (Å²) in [5.74, 6) is 0. The summed E-state index contributed by atoms with van der Waals surface area (Å²) in [6.45, 7) is -0.250. The van der Waals surface area contributed by atoms with Gasteiger partial charge in [0.25, 0.3) is 6.71 Å². The number of furan rings is 2. The van der Waals surface area contributed by atoms with Crippen molar-refractivity contribution in [3.8, 4) is 22.9 Å². The van der Waals surface area contributed by atoms with Crippen LogP contribution < -0.4 is 26.4 Å². The lowest BCUT2D eigenvalue weighted by molar-refractivity contribution is 0.651. The maximum atomic E-state index is 10.8. The zero-order chi connectivity index (χ0) is 37.8. The number of benzene rings is 8. The Balaban J connectivity index is 1.13. The standard InChI is InChI=1S/C51H27BN4O2/c53-28-29-24-42-47-43(25-29)56-40-17-8-14-36-33-12-4-6-16-39(33)55(48(36)40)41-18-9-15-38(50(41)56)52(47)51-49(37-26-31(20-23-45(37)58-51)30-10-2-1-3-11-30)54(42)32-21-22-35-34-13-5-7-19-44(34)57-46(35)27-32/h1-27H. The van der Waals surface area contributed by atoms with Gasteiger partial charge >= 0.3 is 0 Å². The summed E-state index contributed by atoms with van der Waals surface area (Å²) in [4.78, 5) is 4.72. The summed E-state index contributed by atoms with van der Waals surface area (Å²) >= 11 is 0. The topological polar surface area (TPSA) is 61.5 Å². The van der Waals surface area contributed by atoms with Crippen molar-refractivity contribution in [2.75, 3.05) is 9.80 Å². The molecule has 0 saturated carbocycles. The number of hydrogen-bond acceptors (Lipinski definition) is 5. The van der Waals surface area contributed by atoms with E-state index in [1.54, 1.807) is 0 Å². The summed E-state index contributed by atoms with van der Waals surface area (Å²) < 4.78 is 16.1. The van der Waals surface area contributed by atoms with E-state index in [9.17, 15) is 5.26 Å². The number of anilines is 6. The summed E-state index contributed by atoms with van der Waals surface area (Å²) in [6, 6.07) is 60.3. The van der Waals surface area contributed by atoms with Gasteiger partial charge in [-0.05, 0) is 82.7 Å². The fraction of sp³-hybridized carbons (Fsp3) is 0. The highest BCUT2D eigenvalue weighted by atomic mass is 16.3. The molecule has 3 aromatic heterocycles. The fourth-order valence-corrected chi connectivity index (χ4v) is 10.4. The summed E-state index contributed by atoms with van der Waals surface area (Å²) in [5, 5.41) is 16.4. The minimum absolute atomic E-state index is 0.250. The average molecular weight is 739 g/mol. The average Bonchev–Trinajstić information content (AvgIpc) is 3.96. The molecule has 0 fully saturated rings. The van der Waals surface area contributed by atoms with Crippen LogP contribution in [0.15, 0.2) is 173 Å². The number of nitriles is 1. The smallest absolute Gasteiger partial charge is 0.297 e. The minimum atomic E-state index is -0.250. The first-order chi connectivity index (χ1) is 28.7. The maximum absolute atomic E-state index is 10.8. The molecule has 6 heterocycles. The Hall–Kier alpha value is -7.95. The van der Waals surface area contributed by atoms with Gasteiger partial charge in [-0.2, -0.15) is 5.26 Å². The van der Waals surface area contributed by atoms with Crippen LogP contribution in [0.25, 0.3) is 71.5 Å². The predicted molar refractivity (Wildman–Crippen MR) is 236 cm³/mol. The van der Waals surface area contributed by atoms with E-state index in [-0.39, 0.29) is 6.71 Å². The van der Waals surface area contributed by atoms with Gasteiger partial charge in [-0.1, -0.05) is 97.1 Å². The van der Waals surface area contributed by atoms with Gasteiger partial charge in [-0.15, -0.1) is 0 Å². The Bertz CT molecular complexity index is 3680. The van der Waals surface area contributed by atoms with Crippen LogP contribution in [0, 0.1) is 11.3 Å². The fourth-order valence-electron chi connectivity index (χ4n) is 10.4.